The Balaban J connectivity index is 2.19. The van der Waals surface area contributed by atoms with Gasteiger partial charge in [0.1, 0.15) is 5.75 Å². The van der Waals surface area contributed by atoms with E-state index in [0.29, 0.717) is 6.54 Å². The van der Waals surface area contributed by atoms with Crippen LogP contribution in [-0.4, -0.2) is 33.3 Å². The van der Waals surface area contributed by atoms with Crippen molar-refractivity contribution in [1.82, 2.24) is 5.32 Å². The predicted molar refractivity (Wildman–Crippen MR) is 68.7 cm³/mol. The maximum absolute atomic E-state index is 11.8. The highest BCUT2D eigenvalue weighted by atomic mass is 16.5. The number of esters is 1. The van der Waals surface area contributed by atoms with E-state index >= 15 is 0 Å². The van der Waals surface area contributed by atoms with Crippen LogP contribution < -0.4 is 10.1 Å². The Kier molecular flexibility index (Phi) is 4.20. The third-order valence-electron chi connectivity index (χ3n) is 3.53. The molecule has 0 saturated carbocycles. The van der Waals surface area contributed by atoms with Gasteiger partial charge in [0.15, 0.2) is 0 Å². The molecule has 98 valence electrons. The number of benzene rings is 1. The summed E-state index contributed by atoms with van der Waals surface area (Å²) in [5, 5.41) is 3.25. The van der Waals surface area contributed by atoms with Crippen molar-refractivity contribution >= 4 is 5.97 Å². The van der Waals surface area contributed by atoms with Gasteiger partial charge in [0.25, 0.3) is 0 Å². The van der Waals surface area contributed by atoms with Crippen LogP contribution >= 0.6 is 0 Å². The zero-order valence-corrected chi connectivity index (χ0v) is 10.8. The molecule has 1 aromatic rings. The van der Waals surface area contributed by atoms with Crippen molar-refractivity contribution in [2.75, 3.05) is 27.3 Å². The van der Waals surface area contributed by atoms with Crippen LogP contribution in [0.4, 0.5) is 0 Å². The van der Waals surface area contributed by atoms with E-state index in [1.54, 1.807) is 7.11 Å². The van der Waals surface area contributed by atoms with E-state index in [4.69, 9.17) is 9.47 Å². The summed E-state index contributed by atoms with van der Waals surface area (Å²) in [5.74, 6) is 0.826. The van der Waals surface area contributed by atoms with Gasteiger partial charge in [-0.1, -0.05) is 12.1 Å². The Morgan fingerprint density at radius 3 is 2.61 bits per heavy atom. The summed E-state index contributed by atoms with van der Waals surface area (Å²) in [7, 11) is 3.10. The third-order valence-corrected chi connectivity index (χ3v) is 3.53. The second kappa shape index (κ2) is 5.87. The number of carbonyl (C=O) groups excluding carboxylic acids is 1. The van der Waals surface area contributed by atoms with Gasteiger partial charge in [0.05, 0.1) is 20.1 Å². The van der Waals surface area contributed by atoms with Crippen LogP contribution in [-0.2, 0) is 9.53 Å². The van der Waals surface area contributed by atoms with Crippen molar-refractivity contribution in [3.63, 3.8) is 0 Å². The lowest BCUT2D eigenvalue weighted by Crippen LogP contribution is -2.40. The van der Waals surface area contributed by atoms with E-state index in [-0.39, 0.29) is 17.8 Å². The molecule has 1 fully saturated rings. The second-order valence-corrected chi connectivity index (χ2v) is 4.50. The Labute approximate surface area is 107 Å². The molecule has 0 aliphatic carbocycles. The highest BCUT2D eigenvalue weighted by molar-refractivity contribution is 5.74. The first kappa shape index (κ1) is 12.9. The molecule has 1 saturated heterocycles. The highest BCUT2D eigenvalue weighted by Gasteiger charge is 2.32. The summed E-state index contributed by atoms with van der Waals surface area (Å²) in [5.41, 5.74) is 1.17. The predicted octanol–water partition coefficient (Wildman–Crippen LogP) is 1.56. The topological polar surface area (TPSA) is 47.6 Å². The summed E-state index contributed by atoms with van der Waals surface area (Å²) in [4.78, 5) is 11.8. The number of piperidine rings is 1. The van der Waals surface area contributed by atoms with Crippen LogP contribution in [0.5, 0.6) is 5.75 Å². The van der Waals surface area contributed by atoms with Crippen LogP contribution in [0.3, 0.4) is 0 Å². The zero-order chi connectivity index (χ0) is 13.0. The average molecular weight is 249 g/mol. The van der Waals surface area contributed by atoms with Gasteiger partial charge in [-0.2, -0.15) is 0 Å². The molecule has 1 aliphatic rings. The molecule has 4 nitrogen and oxygen atoms in total. The number of hydrogen-bond donors (Lipinski definition) is 1. The van der Waals surface area contributed by atoms with Crippen molar-refractivity contribution in [2.24, 2.45) is 5.92 Å². The lowest BCUT2D eigenvalue weighted by molar-refractivity contribution is -0.146. The summed E-state index contributed by atoms with van der Waals surface area (Å²) < 4.78 is 10.0. The summed E-state index contributed by atoms with van der Waals surface area (Å²) in [6.07, 6.45) is 0.950. The van der Waals surface area contributed by atoms with E-state index < -0.39 is 0 Å². The molecule has 1 N–H and O–H groups in total. The first-order chi connectivity index (χ1) is 8.76. The van der Waals surface area contributed by atoms with E-state index in [1.165, 1.54) is 12.7 Å². The Morgan fingerprint density at radius 1 is 1.28 bits per heavy atom. The minimum absolute atomic E-state index is 0.0999. The van der Waals surface area contributed by atoms with Crippen molar-refractivity contribution in [1.29, 1.82) is 0 Å². The van der Waals surface area contributed by atoms with Crippen LogP contribution in [0.25, 0.3) is 0 Å². The summed E-state index contributed by atoms with van der Waals surface area (Å²) in [6, 6.07) is 7.94. The van der Waals surface area contributed by atoms with Gasteiger partial charge < -0.3 is 14.8 Å². The number of ether oxygens (including phenoxy) is 2. The SMILES string of the molecule is COC(=O)[C@H]1CNCC[C@H]1c1ccc(OC)cc1. The summed E-state index contributed by atoms with van der Waals surface area (Å²) in [6.45, 7) is 1.62. The molecular weight excluding hydrogens is 230 g/mol. The number of nitrogens with one attached hydrogen (secondary N) is 1. The second-order valence-electron chi connectivity index (χ2n) is 4.50. The molecule has 1 heterocycles. The van der Waals surface area contributed by atoms with Crippen LogP contribution in [0.15, 0.2) is 24.3 Å². The maximum atomic E-state index is 11.8. The monoisotopic (exact) mass is 249 g/mol. The molecule has 0 bridgehead atoms. The quantitative estimate of drug-likeness (QED) is 0.826. The van der Waals surface area contributed by atoms with Gasteiger partial charge in [0.2, 0.25) is 0 Å². The molecule has 18 heavy (non-hydrogen) atoms. The molecule has 0 unspecified atom stereocenters. The normalized spacial score (nSPS) is 23.4. The van der Waals surface area contributed by atoms with Gasteiger partial charge in [0, 0.05) is 6.54 Å². The van der Waals surface area contributed by atoms with Gasteiger partial charge in [-0.3, -0.25) is 4.79 Å². The molecule has 4 heteroatoms. The molecular formula is C14H19NO3. The van der Waals surface area contributed by atoms with Gasteiger partial charge in [-0.05, 0) is 36.6 Å². The number of methoxy groups -OCH3 is 2. The van der Waals surface area contributed by atoms with E-state index in [9.17, 15) is 4.79 Å². The van der Waals surface area contributed by atoms with E-state index in [0.717, 1.165) is 18.7 Å². The Bertz CT molecular complexity index is 402. The fourth-order valence-electron chi connectivity index (χ4n) is 2.51. The van der Waals surface area contributed by atoms with E-state index in [2.05, 4.69) is 5.32 Å². The lowest BCUT2D eigenvalue weighted by Gasteiger charge is -2.30. The smallest absolute Gasteiger partial charge is 0.310 e. The van der Waals surface area contributed by atoms with Crippen molar-refractivity contribution in [2.45, 2.75) is 12.3 Å². The Morgan fingerprint density at radius 2 is 2.00 bits per heavy atom. The zero-order valence-electron chi connectivity index (χ0n) is 10.8. The minimum Gasteiger partial charge on any atom is -0.497 e. The van der Waals surface area contributed by atoms with E-state index in [1.807, 2.05) is 24.3 Å². The molecule has 1 aromatic carbocycles. The largest absolute Gasteiger partial charge is 0.497 e. The molecule has 0 aromatic heterocycles. The first-order valence-corrected chi connectivity index (χ1v) is 6.18. The van der Waals surface area contributed by atoms with Crippen LogP contribution in [0.2, 0.25) is 0 Å². The molecule has 0 spiro atoms. The number of carbonyl (C=O) groups is 1. The number of rotatable bonds is 3. The lowest BCUT2D eigenvalue weighted by atomic mass is 9.81. The number of hydrogen-bond acceptors (Lipinski definition) is 4. The molecule has 0 amide bonds. The maximum Gasteiger partial charge on any atom is 0.310 e. The van der Waals surface area contributed by atoms with Gasteiger partial charge in [-0.25, -0.2) is 0 Å². The third kappa shape index (κ3) is 2.64. The highest BCUT2D eigenvalue weighted by Crippen LogP contribution is 2.31. The molecule has 2 rings (SSSR count). The average Bonchev–Trinajstić information content (AvgIpc) is 2.46. The standard InChI is InChI=1S/C14H19NO3/c1-17-11-5-3-10(4-6-11)12-7-8-15-9-13(12)14(16)18-2/h3-6,12-13,15H,7-9H2,1-2H3/t12-,13-/m0/s1. The van der Waals surface area contributed by atoms with Crippen molar-refractivity contribution in [3.05, 3.63) is 29.8 Å². The first-order valence-electron chi connectivity index (χ1n) is 6.18. The van der Waals surface area contributed by atoms with Gasteiger partial charge in [-0.15, -0.1) is 0 Å². The fraction of sp³-hybridized carbons (Fsp3) is 0.500. The van der Waals surface area contributed by atoms with Crippen molar-refractivity contribution < 1.29 is 14.3 Å². The molecule has 0 radical (unpaired) electrons. The van der Waals surface area contributed by atoms with Crippen LogP contribution in [0, 0.1) is 5.92 Å². The minimum atomic E-state index is -0.136. The van der Waals surface area contributed by atoms with Crippen LogP contribution in [0.1, 0.15) is 17.9 Å². The fourth-order valence-corrected chi connectivity index (χ4v) is 2.51. The summed E-state index contributed by atoms with van der Waals surface area (Å²) >= 11 is 0. The van der Waals surface area contributed by atoms with Crippen molar-refractivity contribution in [3.8, 4) is 5.75 Å². The molecule has 1 aliphatic heterocycles. The Hall–Kier alpha value is -1.55. The van der Waals surface area contributed by atoms with Gasteiger partial charge >= 0.3 is 5.97 Å². The molecule has 2 atom stereocenters.